The molecule has 2 heteroatoms. The topological polar surface area (TPSA) is 16.1 Å². The van der Waals surface area contributed by atoms with Crippen LogP contribution >= 0.6 is 0 Å². The Labute approximate surface area is 80.6 Å². The highest BCUT2D eigenvalue weighted by molar-refractivity contribution is 4.99. The van der Waals surface area contributed by atoms with E-state index in [9.17, 15) is 0 Å². The molecule has 2 nitrogen and oxygen atoms in total. The number of hydrogen-bond acceptors (Lipinski definition) is 2. The molecule has 0 saturated carbocycles. The van der Waals surface area contributed by atoms with E-state index >= 15 is 0 Å². The molecule has 72 valence electrons. The van der Waals surface area contributed by atoms with Gasteiger partial charge in [-0.05, 0) is 52.0 Å². The fraction of sp³-hybridized carbons (Fsp3) is 0.545. The van der Waals surface area contributed by atoms with Crippen molar-refractivity contribution in [3.63, 3.8) is 0 Å². The van der Waals surface area contributed by atoms with Crippen LogP contribution in [0.4, 0.5) is 0 Å². The van der Waals surface area contributed by atoms with Crippen LogP contribution in [0.25, 0.3) is 0 Å². The van der Waals surface area contributed by atoms with E-state index in [1.807, 2.05) is 25.1 Å². The van der Waals surface area contributed by atoms with E-state index < -0.39 is 0 Å². The number of likely N-dealkylation sites (tertiary alicyclic amines) is 1. The Balaban J connectivity index is 0.000000132. The highest BCUT2D eigenvalue weighted by Crippen LogP contribution is 2.02. The van der Waals surface area contributed by atoms with E-state index in [0.29, 0.717) is 0 Å². The van der Waals surface area contributed by atoms with Gasteiger partial charge in [0.15, 0.2) is 0 Å². The summed E-state index contributed by atoms with van der Waals surface area (Å²) in [6, 6.07) is 5.86. The molecule has 1 aromatic heterocycles. The van der Waals surface area contributed by atoms with Crippen LogP contribution in [0.3, 0.4) is 0 Å². The van der Waals surface area contributed by atoms with Crippen molar-refractivity contribution in [2.45, 2.75) is 19.8 Å². The highest BCUT2D eigenvalue weighted by Gasteiger charge is 2.03. The van der Waals surface area contributed by atoms with Gasteiger partial charge in [0.25, 0.3) is 0 Å². The number of rotatable bonds is 0. The predicted molar refractivity (Wildman–Crippen MR) is 55.7 cm³/mol. The molecule has 0 unspecified atom stereocenters. The fourth-order valence-corrected chi connectivity index (χ4v) is 1.32. The van der Waals surface area contributed by atoms with Gasteiger partial charge in [0, 0.05) is 11.9 Å². The molecule has 0 spiro atoms. The third-order valence-corrected chi connectivity index (χ3v) is 2.14. The van der Waals surface area contributed by atoms with Crippen LogP contribution in [-0.4, -0.2) is 30.0 Å². The van der Waals surface area contributed by atoms with Gasteiger partial charge >= 0.3 is 0 Å². The van der Waals surface area contributed by atoms with Crippen LogP contribution in [0, 0.1) is 6.92 Å². The Hall–Kier alpha value is -0.890. The third kappa shape index (κ3) is 4.63. The average Bonchev–Trinajstić information content (AvgIpc) is 2.58. The first-order valence-corrected chi connectivity index (χ1v) is 4.85. The van der Waals surface area contributed by atoms with Crippen LogP contribution in [0.1, 0.15) is 18.5 Å². The molecule has 13 heavy (non-hydrogen) atoms. The maximum atomic E-state index is 3.98. The van der Waals surface area contributed by atoms with Crippen LogP contribution in [-0.2, 0) is 0 Å². The van der Waals surface area contributed by atoms with Gasteiger partial charge in [0.05, 0.1) is 0 Å². The van der Waals surface area contributed by atoms with Gasteiger partial charge < -0.3 is 4.90 Å². The zero-order valence-corrected chi connectivity index (χ0v) is 8.53. The van der Waals surface area contributed by atoms with E-state index in [2.05, 4.69) is 16.9 Å². The average molecular weight is 178 g/mol. The number of aryl methyl sites for hydroxylation is 1. The minimum Gasteiger partial charge on any atom is -0.306 e. The summed E-state index contributed by atoms with van der Waals surface area (Å²) in [7, 11) is 2.17. The van der Waals surface area contributed by atoms with Crippen molar-refractivity contribution in [3.05, 3.63) is 30.1 Å². The number of aromatic nitrogens is 1. The van der Waals surface area contributed by atoms with Crippen molar-refractivity contribution >= 4 is 0 Å². The molecule has 0 aromatic carbocycles. The standard InChI is InChI=1S/C6H7N.C5H11N/c1-6-4-2-3-5-7-6;1-6-4-2-3-5-6/h2-5H,1H3;2-5H2,1H3. The summed E-state index contributed by atoms with van der Waals surface area (Å²) in [5.74, 6) is 0. The quantitative estimate of drug-likeness (QED) is 0.605. The maximum absolute atomic E-state index is 3.98. The lowest BCUT2D eigenvalue weighted by molar-refractivity contribution is 0.418. The molecule has 1 aromatic rings. The first-order chi connectivity index (χ1) is 6.29. The molecule has 0 radical (unpaired) electrons. The fourth-order valence-electron chi connectivity index (χ4n) is 1.32. The molecule has 1 saturated heterocycles. The zero-order valence-electron chi connectivity index (χ0n) is 8.53. The second kappa shape index (κ2) is 5.70. The van der Waals surface area contributed by atoms with Crippen molar-refractivity contribution in [1.29, 1.82) is 0 Å². The Morgan fingerprint density at radius 2 is 1.92 bits per heavy atom. The molecule has 2 heterocycles. The summed E-state index contributed by atoms with van der Waals surface area (Å²) in [6.45, 7) is 4.61. The Morgan fingerprint density at radius 1 is 1.23 bits per heavy atom. The van der Waals surface area contributed by atoms with E-state index in [-0.39, 0.29) is 0 Å². The minimum atomic E-state index is 1.07. The Kier molecular flexibility index (Phi) is 4.47. The van der Waals surface area contributed by atoms with E-state index in [4.69, 9.17) is 0 Å². The van der Waals surface area contributed by atoms with Crippen molar-refractivity contribution in [2.75, 3.05) is 20.1 Å². The summed E-state index contributed by atoms with van der Waals surface area (Å²) in [4.78, 5) is 6.34. The number of pyridine rings is 1. The monoisotopic (exact) mass is 178 g/mol. The predicted octanol–water partition coefficient (Wildman–Crippen LogP) is 2.10. The SMILES string of the molecule is CN1CCCC1.Cc1ccccn1. The van der Waals surface area contributed by atoms with Crippen LogP contribution in [0.5, 0.6) is 0 Å². The zero-order chi connectivity index (χ0) is 9.52. The van der Waals surface area contributed by atoms with Gasteiger partial charge in [-0.15, -0.1) is 0 Å². The lowest BCUT2D eigenvalue weighted by Crippen LogP contribution is -2.10. The van der Waals surface area contributed by atoms with E-state index in [1.54, 1.807) is 6.20 Å². The molecular formula is C11H18N2. The smallest absolute Gasteiger partial charge is 0.0372 e. The minimum absolute atomic E-state index is 1.07. The van der Waals surface area contributed by atoms with Gasteiger partial charge in [-0.3, -0.25) is 4.98 Å². The van der Waals surface area contributed by atoms with Crippen LogP contribution in [0.2, 0.25) is 0 Å². The van der Waals surface area contributed by atoms with Crippen molar-refractivity contribution in [1.82, 2.24) is 9.88 Å². The second-order valence-electron chi connectivity index (χ2n) is 3.48. The normalized spacial score (nSPS) is 16.5. The summed E-state index contributed by atoms with van der Waals surface area (Å²) >= 11 is 0. The van der Waals surface area contributed by atoms with E-state index in [1.165, 1.54) is 25.9 Å². The van der Waals surface area contributed by atoms with Crippen molar-refractivity contribution in [3.8, 4) is 0 Å². The summed E-state index contributed by atoms with van der Waals surface area (Å²) < 4.78 is 0. The number of nitrogens with zero attached hydrogens (tertiary/aromatic N) is 2. The van der Waals surface area contributed by atoms with Gasteiger partial charge in [-0.25, -0.2) is 0 Å². The lowest BCUT2D eigenvalue weighted by atomic mass is 10.4. The molecule has 2 rings (SSSR count). The first kappa shape index (κ1) is 10.2. The van der Waals surface area contributed by atoms with Crippen molar-refractivity contribution < 1.29 is 0 Å². The molecule has 1 fully saturated rings. The van der Waals surface area contributed by atoms with Gasteiger partial charge in [-0.1, -0.05) is 6.07 Å². The molecule has 1 aliphatic rings. The molecule has 0 aliphatic carbocycles. The Bertz CT molecular complexity index is 215. The third-order valence-electron chi connectivity index (χ3n) is 2.14. The second-order valence-corrected chi connectivity index (χ2v) is 3.48. The van der Waals surface area contributed by atoms with E-state index in [0.717, 1.165) is 5.69 Å². The molecule has 0 atom stereocenters. The molecular weight excluding hydrogens is 160 g/mol. The summed E-state index contributed by atoms with van der Waals surface area (Å²) in [5.41, 5.74) is 1.07. The highest BCUT2D eigenvalue weighted by atomic mass is 15.1. The number of hydrogen-bond donors (Lipinski definition) is 0. The lowest BCUT2D eigenvalue weighted by Gasteiger charge is -2.01. The van der Waals surface area contributed by atoms with Crippen LogP contribution < -0.4 is 0 Å². The van der Waals surface area contributed by atoms with Crippen LogP contribution in [0.15, 0.2) is 24.4 Å². The molecule has 0 amide bonds. The Morgan fingerprint density at radius 3 is 2.15 bits per heavy atom. The van der Waals surface area contributed by atoms with Gasteiger partial charge in [0.2, 0.25) is 0 Å². The first-order valence-electron chi connectivity index (χ1n) is 4.85. The summed E-state index contributed by atoms with van der Waals surface area (Å²) in [5, 5.41) is 0. The largest absolute Gasteiger partial charge is 0.306 e. The molecule has 0 bridgehead atoms. The molecule has 0 N–H and O–H groups in total. The van der Waals surface area contributed by atoms with Gasteiger partial charge in [-0.2, -0.15) is 0 Å². The van der Waals surface area contributed by atoms with Crippen molar-refractivity contribution in [2.24, 2.45) is 0 Å². The maximum Gasteiger partial charge on any atom is 0.0372 e. The summed E-state index contributed by atoms with van der Waals surface area (Å²) in [6.07, 6.45) is 4.61. The van der Waals surface area contributed by atoms with Gasteiger partial charge in [0.1, 0.15) is 0 Å². The molecule has 1 aliphatic heterocycles.